The monoisotopic (exact) mass is 656 g/mol. The lowest BCUT2D eigenvalue weighted by atomic mass is 10.1. The molecular weight excluding hydrogens is 596 g/mol. The summed E-state index contributed by atoms with van der Waals surface area (Å²) < 4.78 is 9.85. The van der Waals surface area contributed by atoms with E-state index in [1.165, 1.54) is 69.1 Å². The van der Waals surface area contributed by atoms with Gasteiger partial charge in [-0.25, -0.2) is 0 Å². The summed E-state index contributed by atoms with van der Waals surface area (Å²) in [7, 11) is 0. The first-order valence-electron chi connectivity index (χ1n) is 17.4. The highest BCUT2D eigenvalue weighted by atomic mass is 16.6. The molecule has 0 saturated carbocycles. The molecule has 12 nitrogen and oxygen atoms in total. The number of carbonyl (C=O) groups excluding carboxylic acids is 4. The summed E-state index contributed by atoms with van der Waals surface area (Å²) in [5.41, 5.74) is 0. The summed E-state index contributed by atoms with van der Waals surface area (Å²) in [5, 5.41) is 18.2. The van der Waals surface area contributed by atoms with Gasteiger partial charge in [0.2, 0.25) is 0 Å². The van der Waals surface area contributed by atoms with E-state index in [2.05, 4.69) is 13.8 Å². The maximum atomic E-state index is 12.5. The Morgan fingerprint density at radius 1 is 0.413 bits per heavy atom. The van der Waals surface area contributed by atoms with Gasteiger partial charge in [-0.2, -0.15) is 0 Å². The van der Waals surface area contributed by atoms with E-state index in [1.54, 1.807) is 0 Å². The first kappa shape index (κ1) is 43.1. The molecule has 0 aromatic carbocycles. The van der Waals surface area contributed by atoms with E-state index in [4.69, 9.17) is 19.7 Å². The largest absolute Gasteiger partial charge is 0.480 e. The minimum absolute atomic E-state index is 0.0853. The zero-order valence-corrected chi connectivity index (χ0v) is 28.4. The number of carboxylic acid groups (broad SMARTS) is 2. The fraction of sp³-hybridized carbons (Fsp3) is 0.824. The van der Waals surface area contributed by atoms with Crippen LogP contribution in [0.3, 0.4) is 0 Å². The molecule has 0 saturated heterocycles. The number of esters is 4. The van der Waals surface area contributed by atoms with Crippen LogP contribution in [0.15, 0.2) is 0 Å². The van der Waals surface area contributed by atoms with Gasteiger partial charge in [-0.3, -0.25) is 38.6 Å². The minimum atomic E-state index is -1.24. The van der Waals surface area contributed by atoms with Crippen LogP contribution in [-0.4, -0.2) is 95.1 Å². The van der Waals surface area contributed by atoms with Crippen molar-refractivity contribution < 1.29 is 48.5 Å². The molecule has 0 aliphatic heterocycles. The van der Waals surface area contributed by atoms with Crippen LogP contribution in [-0.2, 0) is 38.2 Å². The first-order valence-corrected chi connectivity index (χ1v) is 17.4. The Kier molecular flexibility index (Phi) is 27.7. The molecule has 0 aliphatic rings. The molecular formula is C34H60N2O10. The van der Waals surface area contributed by atoms with Gasteiger partial charge in [-0.15, -0.1) is 0 Å². The Labute approximate surface area is 275 Å². The van der Waals surface area contributed by atoms with Gasteiger partial charge < -0.3 is 19.7 Å². The Hall–Kier alpha value is -2.86. The zero-order valence-electron chi connectivity index (χ0n) is 28.4. The molecule has 0 fully saturated rings. The summed E-state index contributed by atoms with van der Waals surface area (Å²) in [6, 6.07) is 0. The van der Waals surface area contributed by atoms with Crippen molar-refractivity contribution in [3.63, 3.8) is 0 Å². The second-order valence-corrected chi connectivity index (χ2v) is 12.1. The molecule has 266 valence electrons. The van der Waals surface area contributed by atoms with Crippen LogP contribution in [0.4, 0.5) is 0 Å². The van der Waals surface area contributed by atoms with Gasteiger partial charge in [0.15, 0.2) is 0 Å². The van der Waals surface area contributed by atoms with Crippen molar-refractivity contribution in [1.82, 2.24) is 9.80 Å². The number of unbranched alkanes of at least 4 members (excludes halogenated alkanes) is 16. The van der Waals surface area contributed by atoms with Crippen molar-refractivity contribution in [2.75, 3.05) is 39.3 Å². The fourth-order valence-corrected chi connectivity index (χ4v) is 5.04. The topological polar surface area (TPSA) is 168 Å². The summed E-state index contributed by atoms with van der Waals surface area (Å²) >= 11 is 0. The van der Waals surface area contributed by atoms with Crippen LogP contribution < -0.4 is 0 Å². The van der Waals surface area contributed by atoms with Crippen molar-refractivity contribution in [3.8, 4) is 0 Å². The Balaban J connectivity index is 4.76. The first-order chi connectivity index (χ1) is 22.1. The average Bonchev–Trinajstić information content (AvgIpc) is 2.97. The molecule has 12 heteroatoms. The van der Waals surface area contributed by atoms with Crippen molar-refractivity contribution >= 4 is 35.8 Å². The fourth-order valence-electron chi connectivity index (χ4n) is 5.04. The molecule has 0 aromatic rings. The van der Waals surface area contributed by atoms with Crippen LogP contribution in [0.5, 0.6) is 0 Å². The second kappa shape index (κ2) is 29.5. The lowest BCUT2D eigenvalue weighted by molar-refractivity contribution is -0.162. The van der Waals surface area contributed by atoms with Crippen LogP contribution in [0.25, 0.3) is 0 Å². The highest BCUT2D eigenvalue weighted by Gasteiger charge is 2.22. The van der Waals surface area contributed by atoms with Crippen LogP contribution in [0.1, 0.15) is 142 Å². The predicted octanol–water partition coefficient (Wildman–Crippen LogP) is 5.74. The van der Waals surface area contributed by atoms with E-state index in [0.29, 0.717) is 12.8 Å². The number of carbonyl (C=O) groups is 6. The van der Waals surface area contributed by atoms with Crippen LogP contribution in [0.2, 0.25) is 0 Å². The second-order valence-electron chi connectivity index (χ2n) is 12.1. The molecule has 46 heavy (non-hydrogen) atoms. The number of hydrogen-bond acceptors (Lipinski definition) is 10. The quantitative estimate of drug-likeness (QED) is 0.0528. The Morgan fingerprint density at radius 2 is 0.696 bits per heavy atom. The van der Waals surface area contributed by atoms with Crippen molar-refractivity contribution in [3.05, 3.63) is 0 Å². The molecule has 0 bridgehead atoms. The van der Waals surface area contributed by atoms with Crippen molar-refractivity contribution in [1.29, 1.82) is 0 Å². The molecule has 0 atom stereocenters. The smallest absolute Gasteiger partial charge is 0.327 e. The molecule has 0 heterocycles. The van der Waals surface area contributed by atoms with Gasteiger partial charge in [0.1, 0.15) is 0 Å². The number of aliphatic carboxylic acids is 2. The SMILES string of the molecule is CCCCCCCCCCCC(=O)OC(=O)CN(CCN(CC(=O)O)CC(=O)O)CC(=O)OC(=O)CCCCCCCCCCC. The maximum Gasteiger partial charge on any atom is 0.327 e. The lowest BCUT2D eigenvalue weighted by Gasteiger charge is -2.24. The van der Waals surface area contributed by atoms with Crippen molar-refractivity contribution in [2.45, 2.75) is 142 Å². The van der Waals surface area contributed by atoms with Gasteiger partial charge in [0.05, 0.1) is 26.2 Å². The third-order valence-corrected chi connectivity index (χ3v) is 7.58. The molecule has 0 unspecified atom stereocenters. The lowest BCUT2D eigenvalue weighted by Crippen LogP contribution is -2.44. The average molecular weight is 657 g/mol. The third kappa shape index (κ3) is 28.6. The van der Waals surface area contributed by atoms with E-state index in [0.717, 1.165) is 43.4 Å². The Bertz CT molecular complexity index is 814. The molecule has 0 spiro atoms. The van der Waals surface area contributed by atoms with Gasteiger partial charge in [0.25, 0.3) is 0 Å². The van der Waals surface area contributed by atoms with Gasteiger partial charge in [-0.05, 0) is 12.8 Å². The maximum absolute atomic E-state index is 12.5. The zero-order chi connectivity index (χ0) is 34.4. The van der Waals surface area contributed by atoms with E-state index in [9.17, 15) is 28.8 Å². The molecule has 0 amide bonds. The molecule has 0 aliphatic carbocycles. The van der Waals surface area contributed by atoms with Gasteiger partial charge >= 0.3 is 35.8 Å². The highest BCUT2D eigenvalue weighted by Crippen LogP contribution is 2.12. The van der Waals surface area contributed by atoms with Gasteiger partial charge in [-0.1, -0.05) is 117 Å². The number of ether oxygens (including phenoxy) is 2. The van der Waals surface area contributed by atoms with Crippen LogP contribution in [0, 0.1) is 0 Å². The summed E-state index contributed by atoms with van der Waals surface area (Å²) in [6.45, 7) is 2.00. The minimum Gasteiger partial charge on any atom is -0.480 e. The summed E-state index contributed by atoms with van der Waals surface area (Å²) in [5.74, 6) is -5.64. The van der Waals surface area contributed by atoms with E-state index in [1.807, 2.05) is 0 Å². The van der Waals surface area contributed by atoms with E-state index in [-0.39, 0.29) is 25.9 Å². The number of nitrogens with zero attached hydrogens (tertiary/aromatic N) is 2. The standard InChI is InChI=1S/C34H60N2O10/c1-3-5-7-9-11-13-15-17-19-21-31(41)45-33(43)27-36(24-23-35(25-29(37)38)26-30(39)40)28-34(44)46-32(42)22-20-18-16-14-12-10-8-6-4-2/h3-28H2,1-2H3,(H,37,38)(H,39,40). The number of carboxylic acids is 2. The van der Waals surface area contributed by atoms with Crippen molar-refractivity contribution in [2.24, 2.45) is 0 Å². The number of rotatable bonds is 31. The predicted molar refractivity (Wildman–Crippen MR) is 174 cm³/mol. The number of hydrogen-bond donors (Lipinski definition) is 2. The van der Waals surface area contributed by atoms with E-state index < -0.39 is 62.0 Å². The molecule has 0 radical (unpaired) electrons. The third-order valence-electron chi connectivity index (χ3n) is 7.58. The molecule has 2 N–H and O–H groups in total. The molecule has 0 rings (SSSR count). The normalized spacial score (nSPS) is 11.1. The van der Waals surface area contributed by atoms with Crippen LogP contribution >= 0.6 is 0 Å². The van der Waals surface area contributed by atoms with E-state index >= 15 is 0 Å². The summed E-state index contributed by atoms with van der Waals surface area (Å²) in [4.78, 5) is 74.2. The van der Waals surface area contributed by atoms with Gasteiger partial charge in [0, 0.05) is 25.9 Å². The Morgan fingerprint density at radius 3 is 1.00 bits per heavy atom. The highest BCUT2D eigenvalue weighted by molar-refractivity contribution is 5.88. The molecule has 0 aromatic heterocycles. The summed E-state index contributed by atoms with van der Waals surface area (Å²) in [6.07, 6.45) is 19.4.